The number of benzene rings is 5. The Balaban J connectivity index is 1.25. The van der Waals surface area contributed by atoms with E-state index in [2.05, 4.69) is 60.8 Å². The Morgan fingerprint density at radius 2 is 1.57 bits per heavy atom. The molecule has 0 bridgehead atoms. The molecule has 5 aromatic carbocycles. The number of hydrogen-bond donors (Lipinski definition) is 1. The van der Waals surface area contributed by atoms with Crippen molar-refractivity contribution in [2.24, 2.45) is 0 Å². The number of halogens is 3. The molecule has 0 radical (unpaired) electrons. The van der Waals surface area contributed by atoms with Crippen LogP contribution in [0.5, 0.6) is 5.75 Å². The lowest BCUT2D eigenvalue weighted by molar-refractivity contribution is -0.384. The van der Waals surface area contributed by atoms with Crippen LogP contribution in [0.3, 0.4) is 0 Å². The Bertz CT molecular complexity index is 2140. The van der Waals surface area contributed by atoms with Gasteiger partial charge in [-0.2, -0.15) is 0 Å². The van der Waals surface area contributed by atoms with E-state index in [1.54, 1.807) is 0 Å². The maximum absolute atomic E-state index is 13.8. The van der Waals surface area contributed by atoms with Gasteiger partial charge in [-0.1, -0.05) is 96.5 Å². The molecule has 0 aliphatic carbocycles. The van der Waals surface area contributed by atoms with Crippen molar-refractivity contribution in [1.29, 1.82) is 0 Å². The number of amides is 1. The van der Waals surface area contributed by atoms with Crippen LogP contribution in [-0.2, 0) is 40.9 Å². The van der Waals surface area contributed by atoms with Crippen LogP contribution in [0.2, 0.25) is 5.02 Å². The van der Waals surface area contributed by atoms with Gasteiger partial charge in [0.25, 0.3) is 21.6 Å². The van der Waals surface area contributed by atoms with E-state index in [0.29, 0.717) is 29.9 Å². The number of carbonyl (C=O) groups is 1. The van der Waals surface area contributed by atoms with Crippen molar-refractivity contribution in [2.45, 2.75) is 37.1 Å². The van der Waals surface area contributed by atoms with Crippen LogP contribution in [0, 0.1) is 10.1 Å². The first-order valence-corrected chi connectivity index (χ1v) is 18.5. The van der Waals surface area contributed by atoms with Gasteiger partial charge in [0.2, 0.25) is 0 Å². The van der Waals surface area contributed by atoms with E-state index in [1.165, 1.54) is 0 Å². The summed E-state index contributed by atoms with van der Waals surface area (Å²) in [7, 11) is -4.46. The zero-order valence-corrected chi connectivity index (χ0v) is 30.4. The number of nitro benzene ring substituents is 1. The second-order valence-corrected chi connectivity index (χ2v) is 15.2. The van der Waals surface area contributed by atoms with Crippen LogP contribution >= 0.6 is 43.5 Å². The number of fused-ring (bicyclic) bond motifs is 1. The van der Waals surface area contributed by atoms with Crippen molar-refractivity contribution in [3.05, 3.63) is 156 Å². The number of rotatable bonds is 10. The highest BCUT2D eigenvalue weighted by Crippen LogP contribution is 2.42. The van der Waals surface area contributed by atoms with Crippen molar-refractivity contribution in [2.75, 3.05) is 0 Å². The smallest absolute Gasteiger partial charge is 0.289 e. The molecular weight excluding hydrogens is 798 g/mol. The van der Waals surface area contributed by atoms with Gasteiger partial charge in [-0.3, -0.25) is 19.8 Å². The van der Waals surface area contributed by atoms with Gasteiger partial charge < -0.3 is 4.74 Å². The van der Waals surface area contributed by atoms with E-state index in [4.69, 9.17) is 16.3 Å². The second kappa shape index (κ2) is 14.8. The first-order chi connectivity index (χ1) is 23.5. The Morgan fingerprint density at radius 3 is 2.24 bits per heavy atom. The molecule has 9 nitrogen and oxygen atoms in total. The third kappa shape index (κ3) is 7.89. The summed E-state index contributed by atoms with van der Waals surface area (Å²) in [6.07, 6.45) is 0.197. The van der Waals surface area contributed by atoms with Crippen molar-refractivity contribution >= 4 is 65.1 Å². The monoisotopic (exact) mass is 823 g/mol. The fraction of sp³-hybridized carbons (Fsp3) is 0.139. The summed E-state index contributed by atoms with van der Waals surface area (Å²) < 4.78 is 36.4. The van der Waals surface area contributed by atoms with Gasteiger partial charge in [0, 0.05) is 19.2 Å². The molecule has 0 saturated carbocycles. The number of sulfonamides is 1. The van der Waals surface area contributed by atoms with Crippen LogP contribution in [0.15, 0.2) is 123 Å². The van der Waals surface area contributed by atoms with E-state index in [0.717, 1.165) is 56.1 Å². The molecule has 1 aliphatic rings. The Kier molecular flexibility index (Phi) is 10.5. The number of ether oxygens (including phenoxy) is 1. The quantitative estimate of drug-likeness (QED) is 0.111. The summed E-state index contributed by atoms with van der Waals surface area (Å²) in [5.74, 6) is -0.147. The zero-order valence-electron chi connectivity index (χ0n) is 25.7. The van der Waals surface area contributed by atoms with E-state index in [9.17, 15) is 23.3 Å². The minimum absolute atomic E-state index is 0.197. The summed E-state index contributed by atoms with van der Waals surface area (Å²) in [4.78, 5) is 25.8. The molecule has 13 heteroatoms. The average Bonchev–Trinajstić information content (AvgIpc) is 3.09. The van der Waals surface area contributed by atoms with Gasteiger partial charge in [0.1, 0.15) is 17.4 Å². The Labute approximate surface area is 305 Å². The van der Waals surface area contributed by atoms with Gasteiger partial charge in [0.05, 0.1) is 24.8 Å². The van der Waals surface area contributed by atoms with Gasteiger partial charge in [-0.25, -0.2) is 13.1 Å². The molecule has 1 aliphatic heterocycles. The van der Waals surface area contributed by atoms with Crippen LogP contribution in [0.25, 0.3) is 11.1 Å². The highest BCUT2D eigenvalue weighted by molar-refractivity contribution is 9.11. The van der Waals surface area contributed by atoms with Gasteiger partial charge >= 0.3 is 0 Å². The topological polar surface area (TPSA) is 119 Å². The fourth-order valence-corrected chi connectivity index (χ4v) is 8.49. The van der Waals surface area contributed by atoms with Crippen LogP contribution < -0.4 is 9.46 Å². The minimum Gasteiger partial charge on any atom is -0.487 e. The molecule has 0 aromatic heterocycles. The molecule has 1 atom stereocenters. The highest BCUT2D eigenvalue weighted by atomic mass is 79.9. The molecular formula is C36H28Br2ClN3O6S. The van der Waals surface area contributed by atoms with Crippen LogP contribution in [0.4, 0.5) is 5.69 Å². The second-order valence-electron chi connectivity index (χ2n) is 11.4. The molecule has 1 amide bonds. The van der Waals surface area contributed by atoms with Crippen LogP contribution in [0.1, 0.15) is 22.3 Å². The van der Waals surface area contributed by atoms with Crippen molar-refractivity contribution in [1.82, 2.24) is 9.62 Å². The van der Waals surface area contributed by atoms with Gasteiger partial charge in [0.15, 0.2) is 0 Å². The zero-order chi connectivity index (χ0) is 34.7. The van der Waals surface area contributed by atoms with Gasteiger partial charge in [-0.05, 0) is 89.9 Å². The molecule has 0 fully saturated rings. The number of hydrogen-bond acceptors (Lipinski definition) is 7. The van der Waals surface area contributed by atoms with E-state index >= 15 is 0 Å². The lowest BCUT2D eigenvalue weighted by atomic mass is 9.92. The van der Waals surface area contributed by atoms with E-state index < -0.39 is 37.5 Å². The number of carbonyl (C=O) groups excluding carboxylic acids is 1. The molecule has 0 spiro atoms. The number of nitrogens with one attached hydrogen (secondary N) is 1. The SMILES string of the molecule is O=C(NS(=O)(=O)c1ccc(Cl)c([N+](=O)[O-])c1)[C@@H]1Cc2cc(Br)c(OCc3ccc(-c4ccccc4)cc3)c(Br)c2CN1Cc1ccccc1. The fourth-order valence-electron chi connectivity index (χ4n) is 5.71. The summed E-state index contributed by atoms with van der Waals surface area (Å²) >= 11 is 13.3. The molecule has 49 heavy (non-hydrogen) atoms. The predicted molar refractivity (Wildman–Crippen MR) is 195 cm³/mol. The van der Waals surface area contributed by atoms with Crippen LogP contribution in [-0.4, -0.2) is 30.2 Å². The molecule has 6 rings (SSSR count). The third-order valence-corrected chi connectivity index (χ3v) is 11.3. The summed E-state index contributed by atoms with van der Waals surface area (Å²) in [5.41, 5.74) is 5.34. The largest absolute Gasteiger partial charge is 0.487 e. The summed E-state index contributed by atoms with van der Waals surface area (Å²) in [6.45, 7) is 0.993. The van der Waals surface area contributed by atoms with E-state index in [1.807, 2.05) is 71.6 Å². The van der Waals surface area contributed by atoms with E-state index in [-0.39, 0.29) is 11.4 Å². The molecule has 0 saturated heterocycles. The normalized spacial score (nSPS) is 14.6. The molecule has 0 unspecified atom stereocenters. The maximum atomic E-state index is 13.8. The molecule has 5 aromatic rings. The molecule has 250 valence electrons. The molecule has 1 heterocycles. The highest BCUT2D eigenvalue weighted by Gasteiger charge is 2.36. The maximum Gasteiger partial charge on any atom is 0.289 e. The van der Waals surface area contributed by atoms with Crippen molar-refractivity contribution < 1.29 is 22.9 Å². The number of nitrogens with zero attached hydrogens (tertiary/aromatic N) is 2. The lowest BCUT2D eigenvalue weighted by Crippen LogP contribution is -2.51. The predicted octanol–water partition coefficient (Wildman–Crippen LogP) is 8.45. The van der Waals surface area contributed by atoms with Crippen molar-refractivity contribution in [3.8, 4) is 16.9 Å². The summed E-state index contributed by atoms with van der Waals surface area (Å²) in [6, 6.07) is 32.0. The number of nitro groups is 1. The standard InChI is InChI=1S/C36H28Br2ClN3O6S/c37-30-17-27-18-33(36(43)40-49(46,47)28-15-16-31(39)32(19-28)42(44)45)41(20-23-7-3-1-4-8-23)21-29(27)34(38)35(30)48-22-24-11-13-26(14-12-24)25-9-5-2-6-10-25/h1-17,19,33H,18,20-22H2,(H,40,43)/t33-/m0/s1. The molecule has 1 N–H and O–H groups in total. The Morgan fingerprint density at radius 1 is 0.918 bits per heavy atom. The lowest BCUT2D eigenvalue weighted by Gasteiger charge is -2.37. The summed E-state index contributed by atoms with van der Waals surface area (Å²) in [5, 5.41) is 11.2. The van der Waals surface area contributed by atoms with Gasteiger partial charge in [-0.15, -0.1) is 0 Å². The Hall–Kier alpha value is -4.07. The first kappa shape index (κ1) is 34.8. The third-order valence-electron chi connectivity index (χ3n) is 8.22. The first-order valence-electron chi connectivity index (χ1n) is 15.1. The average molecular weight is 826 g/mol. The van der Waals surface area contributed by atoms with Crippen molar-refractivity contribution in [3.63, 3.8) is 0 Å². The minimum atomic E-state index is -4.46.